The van der Waals surface area contributed by atoms with Crippen LogP contribution in [0.3, 0.4) is 0 Å². The minimum absolute atomic E-state index is 0.0914. The summed E-state index contributed by atoms with van der Waals surface area (Å²) in [4.78, 5) is 11.1. The Bertz CT molecular complexity index is 439. The molecular formula is C9H13N5O2. The third-order valence-electron chi connectivity index (χ3n) is 2.83. The first-order valence-electron chi connectivity index (χ1n) is 4.95. The van der Waals surface area contributed by atoms with Crippen molar-refractivity contribution in [1.82, 2.24) is 14.9 Å². The Balaban J connectivity index is 2.34. The SMILES string of the molecule is Nc1nnc([C@@H]2CC=CC[C@@H]2C(=O)O)n1N. The minimum Gasteiger partial charge on any atom is -0.481 e. The maximum absolute atomic E-state index is 11.1. The number of hydrogen-bond donors (Lipinski definition) is 3. The number of hydrogen-bond acceptors (Lipinski definition) is 5. The molecule has 5 N–H and O–H groups in total. The Morgan fingerprint density at radius 1 is 1.44 bits per heavy atom. The van der Waals surface area contributed by atoms with E-state index < -0.39 is 11.9 Å². The number of anilines is 1. The van der Waals surface area contributed by atoms with Crippen molar-refractivity contribution in [2.45, 2.75) is 18.8 Å². The van der Waals surface area contributed by atoms with Gasteiger partial charge >= 0.3 is 5.97 Å². The van der Waals surface area contributed by atoms with Crippen molar-refractivity contribution in [2.24, 2.45) is 5.92 Å². The fourth-order valence-electron chi connectivity index (χ4n) is 1.94. The fraction of sp³-hybridized carbons (Fsp3) is 0.444. The quantitative estimate of drug-likeness (QED) is 0.468. The molecule has 0 radical (unpaired) electrons. The lowest BCUT2D eigenvalue weighted by Crippen LogP contribution is -2.28. The lowest BCUT2D eigenvalue weighted by atomic mass is 9.82. The normalized spacial score (nSPS) is 24.5. The molecule has 2 atom stereocenters. The van der Waals surface area contributed by atoms with Crippen molar-refractivity contribution in [2.75, 3.05) is 11.6 Å². The van der Waals surface area contributed by atoms with Crippen LogP contribution in [0.5, 0.6) is 0 Å². The van der Waals surface area contributed by atoms with Crippen LogP contribution in [-0.2, 0) is 4.79 Å². The Hall–Kier alpha value is -2.05. The third kappa shape index (κ3) is 1.60. The van der Waals surface area contributed by atoms with E-state index in [1.54, 1.807) is 0 Å². The summed E-state index contributed by atoms with van der Waals surface area (Å²) < 4.78 is 1.15. The molecule has 2 rings (SSSR count). The molecule has 1 aromatic rings. The molecule has 0 unspecified atom stereocenters. The molecule has 16 heavy (non-hydrogen) atoms. The number of nitrogens with zero attached hydrogens (tertiary/aromatic N) is 3. The van der Waals surface area contributed by atoms with Crippen LogP contribution in [0.4, 0.5) is 5.95 Å². The Morgan fingerprint density at radius 2 is 2.12 bits per heavy atom. The molecule has 0 saturated carbocycles. The number of aliphatic carboxylic acids is 1. The zero-order valence-electron chi connectivity index (χ0n) is 8.58. The number of carboxylic acids is 1. The van der Waals surface area contributed by atoms with Gasteiger partial charge in [-0.15, -0.1) is 10.2 Å². The van der Waals surface area contributed by atoms with Crippen LogP contribution in [0.2, 0.25) is 0 Å². The summed E-state index contributed by atoms with van der Waals surface area (Å²) in [6.07, 6.45) is 4.85. The van der Waals surface area contributed by atoms with Gasteiger partial charge in [0, 0.05) is 5.92 Å². The number of nitrogen functional groups attached to an aromatic ring is 2. The summed E-state index contributed by atoms with van der Waals surface area (Å²) in [5.41, 5.74) is 5.47. The average Bonchev–Trinajstić information content (AvgIpc) is 2.60. The molecule has 86 valence electrons. The molecule has 0 amide bonds. The molecule has 1 aromatic heterocycles. The molecule has 1 heterocycles. The fourth-order valence-corrected chi connectivity index (χ4v) is 1.94. The summed E-state index contributed by atoms with van der Waals surface area (Å²) in [6, 6.07) is 0. The molecule has 0 saturated heterocycles. The minimum atomic E-state index is -0.851. The summed E-state index contributed by atoms with van der Waals surface area (Å²) in [6.45, 7) is 0. The number of carbonyl (C=O) groups is 1. The van der Waals surface area contributed by atoms with Crippen LogP contribution in [0.15, 0.2) is 12.2 Å². The van der Waals surface area contributed by atoms with Crippen LogP contribution in [-0.4, -0.2) is 25.9 Å². The monoisotopic (exact) mass is 223 g/mol. The smallest absolute Gasteiger partial charge is 0.307 e. The van der Waals surface area contributed by atoms with Gasteiger partial charge in [-0.3, -0.25) is 4.79 Å². The maximum atomic E-state index is 11.1. The molecular weight excluding hydrogens is 210 g/mol. The highest BCUT2D eigenvalue weighted by molar-refractivity contribution is 5.71. The van der Waals surface area contributed by atoms with Crippen LogP contribution in [0, 0.1) is 5.92 Å². The standard InChI is InChI=1S/C9H13N5O2/c10-9-13-12-7(14(9)11)5-3-1-2-4-6(5)8(15)16/h1-2,5-6H,3-4,11H2,(H2,10,13)(H,15,16)/t5-,6+/m1/s1. The van der Waals surface area contributed by atoms with Gasteiger partial charge in [-0.25, -0.2) is 4.68 Å². The molecule has 0 spiro atoms. The van der Waals surface area contributed by atoms with Gasteiger partial charge in [-0.05, 0) is 12.8 Å². The van der Waals surface area contributed by atoms with E-state index in [0.717, 1.165) is 4.68 Å². The molecule has 0 aliphatic heterocycles. The molecule has 7 nitrogen and oxygen atoms in total. The second kappa shape index (κ2) is 3.84. The Morgan fingerprint density at radius 3 is 2.69 bits per heavy atom. The van der Waals surface area contributed by atoms with Gasteiger partial charge in [0.15, 0.2) is 5.82 Å². The molecule has 7 heteroatoms. The predicted molar refractivity (Wildman–Crippen MR) is 56.8 cm³/mol. The lowest BCUT2D eigenvalue weighted by Gasteiger charge is -2.23. The Kier molecular flexibility index (Phi) is 2.51. The number of nitrogens with two attached hydrogens (primary N) is 2. The zero-order valence-corrected chi connectivity index (χ0v) is 8.58. The highest BCUT2D eigenvalue weighted by Gasteiger charge is 2.33. The van der Waals surface area contributed by atoms with E-state index in [9.17, 15) is 4.79 Å². The van der Waals surface area contributed by atoms with Crippen LogP contribution >= 0.6 is 0 Å². The van der Waals surface area contributed by atoms with E-state index in [1.807, 2.05) is 12.2 Å². The number of allylic oxidation sites excluding steroid dienone is 2. The first-order chi connectivity index (χ1) is 7.61. The van der Waals surface area contributed by atoms with Gasteiger partial charge in [-0.2, -0.15) is 0 Å². The van der Waals surface area contributed by atoms with E-state index >= 15 is 0 Å². The van der Waals surface area contributed by atoms with Crippen LogP contribution in [0.1, 0.15) is 24.6 Å². The van der Waals surface area contributed by atoms with Gasteiger partial charge in [-0.1, -0.05) is 12.2 Å². The van der Waals surface area contributed by atoms with Gasteiger partial charge in [0.1, 0.15) is 0 Å². The van der Waals surface area contributed by atoms with Crippen molar-refractivity contribution in [1.29, 1.82) is 0 Å². The first kappa shape index (κ1) is 10.5. The second-order valence-electron chi connectivity index (χ2n) is 3.78. The van der Waals surface area contributed by atoms with Gasteiger partial charge in [0.05, 0.1) is 5.92 Å². The largest absolute Gasteiger partial charge is 0.481 e. The number of carboxylic acid groups (broad SMARTS) is 1. The van der Waals surface area contributed by atoms with E-state index in [1.165, 1.54) is 0 Å². The summed E-state index contributed by atoms with van der Waals surface area (Å²) in [5, 5.41) is 16.6. The van der Waals surface area contributed by atoms with E-state index in [-0.39, 0.29) is 11.9 Å². The van der Waals surface area contributed by atoms with Crippen molar-refractivity contribution >= 4 is 11.9 Å². The van der Waals surface area contributed by atoms with E-state index in [0.29, 0.717) is 18.7 Å². The first-order valence-corrected chi connectivity index (χ1v) is 4.95. The third-order valence-corrected chi connectivity index (χ3v) is 2.83. The highest BCUT2D eigenvalue weighted by Crippen LogP contribution is 2.33. The average molecular weight is 223 g/mol. The second-order valence-corrected chi connectivity index (χ2v) is 3.78. The molecule has 0 bridgehead atoms. The van der Waals surface area contributed by atoms with Gasteiger partial charge in [0.25, 0.3) is 0 Å². The van der Waals surface area contributed by atoms with E-state index in [4.69, 9.17) is 16.7 Å². The van der Waals surface area contributed by atoms with E-state index in [2.05, 4.69) is 10.2 Å². The molecule has 1 aliphatic carbocycles. The topological polar surface area (TPSA) is 120 Å². The maximum Gasteiger partial charge on any atom is 0.307 e. The molecule has 0 aromatic carbocycles. The van der Waals surface area contributed by atoms with Crippen molar-refractivity contribution in [3.05, 3.63) is 18.0 Å². The van der Waals surface area contributed by atoms with Crippen LogP contribution < -0.4 is 11.6 Å². The van der Waals surface area contributed by atoms with Crippen LogP contribution in [0.25, 0.3) is 0 Å². The lowest BCUT2D eigenvalue weighted by molar-refractivity contribution is -0.142. The molecule has 1 aliphatic rings. The number of aromatic nitrogens is 3. The summed E-state index contributed by atoms with van der Waals surface area (Å²) in [5.74, 6) is 4.53. The van der Waals surface area contributed by atoms with Gasteiger partial charge in [0.2, 0.25) is 5.95 Å². The zero-order chi connectivity index (χ0) is 11.7. The molecule has 0 fully saturated rings. The van der Waals surface area contributed by atoms with Crippen molar-refractivity contribution in [3.63, 3.8) is 0 Å². The summed E-state index contributed by atoms with van der Waals surface area (Å²) >= 11 is 0. The number of rotatable bonds is 2. The predicted octanol–water partition coefficient (Wildman–Crippen LogP) is -0.292. The summed E-state index contributed by atoms with van der Waals surface area (Å²) in [7, 11) is 0. The highest BCUT2D eigenvalue weighted by atomic mass is 16.4. The van der Waals surface area contributed by atoms with Crippen molar-refractivity contribution in [3.8, 4) is 0 Å². The Labute approximate surface area is 91.7 Å². The van der Waals surface area contributed by atoms with Crippen molar-refractivity contribution < 1.29 is 9.90 Å². The van der Waals surface area contributed by atoms with Gasteiger partial charge < -0.3 is 16.7 Å².